The molecule has 0 saturated heterocycles. The molecule has 0 fully saturated rings. The summed E-state index contributed by atoms with van der Waals surface area (Å²) < 4.78 is 13.0. The van der Waals surface area contributed by atoms with Crippen molar-refractivity contribution in [3.05, 3.63) is 0 Å². The van der Waals surface area contributed by atoms with E-state index in [1.165, 1.54) is 0 Å². The Bertz CT molecular complexity index is 301. The van der Waals surface area contributed by atoms with E-state index in [2.05, 4.69) is 59.7 Å². The molecule has 0 radical (unpaired) electrons. The maximum absolute atomic E-state index is 6.50. The molecule has 19 heavy (non-hydrogen) atoms. The predicted octanol–water partition coefficient (Wildman–Crippen LogP) is 3.47. The van der Waals surface area contributed by atoms with Gasteiger partial charge in [0.1, 0.15) is 0 Å². The number of hydrogen-bond donors (Lipinski definition) is 1. The molecule has 0 saturated carbocycles. The summed E-state index contributed by atoms with van der Waals surface area (Å²) in [6.07, 6.45) is 0.978. The molecule has 0 heterocycles. The summed E-state index contributed by atoms with van der Waals surface area (Å²) >= 11 is 0. The van der Waals surface area contributed by atoms with Crippen molar-refractivity contribution in [3.8, 4) is 0 Å². The van der Waals surface area contributed by atoms with Crippen molar-refractivity contribution >= 4 is 25.4 Å². The minimum absolute atomic E-state index is 0.165. The van der Waals surface area contributed by atoms with Gasteiger partial charge in [0, 0.05) is 0 Å². The van der Waals surface area contributed by atoms with Gasteiger partial charge in [-0.3, -0.25) is 0 Å². The van der Waals surface area contributed by atoms with E-state index in [1.54, 1.807) is 0 Å². The summed E-state index contributed by atoms with van der Waals surface area (Å²) in [4.78, 5) is 0. The largest absolute Gasteiger partial charge is 0.412 e. The standard InChI is InChI=1S/C13H35NO2Si3/c1-11-12(2,15-18(6,7)8)19(9,10)16-13(3,14)17(4)5/h17H,11,14H2,1-10H3. The van der Waals surface area contributed by atoms with E-state index in [0.29, 0.717) is 0 Å². The fourth-order valence-corrected chi connectivity index (χ4v) is 9.46. The lowest BCUT2D eigenvalue weighted by atomic mass is 10.3. The van der Waals surface area contributed by atoms with Crippen molar-refractivity contribution in [1.29, 1.82) is 0 Å². The lowest BCUT2D eigenvalue weighted by Crippen LogP contribution is -2.66. The molecule has 0 bridgehead atoms. The maximum Gasteiger partial charge on any atom is 0.218 e. The van der Waals surface area contributed by atoms with Gasteiger partial charge in [0.2, 0.25) is 8.32 Å². The minimum Gasteiger partial charge on any atom is -0.412 e. The van der Waals surface area contributed by atoms with Crippen LogP contribution in [0.2, 0.25) is 45.8 Å². The highest BCUT2D eigenvalue weighted by molar-refractivity contribution is 6.77. The Balaban J connectivity index is 5.23. The normalized spacial score (nSPS) is 20.2. The topological polar surface area (TPSA) is 44.5 Å². The molecule has 0 aliphatic rings. The highest BCUT2D eigenvalue weighted by Gasteiger charge is 2.50. The second-order valence-electron chi connectivity index (χ2n) is 7.75. The van der Waals surface area contributed by atoms with Crippen LogP contribution in [0, 0.1) is 0 Å². The Morgan fingerprint density at radius 2 is 1.42 bits per heavy atom. The zero-order chi connectivity index (χ0) is 15.7. The van der Waals surface area contributed by atoms with Crippen molar-refractivity contribution in [2.24, 2.45) is 5.73 Å². The lowest BCUT2D eigenvalue weighted by molar-refractivity contribution is 0.0831. The molecule has 0 aromatic carbocycles. The Kier molecular flexibility index (Phi) is 6.28. The van der Waals surface area contributed by atoms with Gasteiger partial charge >= 0.3 is 0 Å². The van der Waals surface area contributed by atoms with E-state index in [1.807, 2.05) is 6.92 Å². The zero-order valence-corrected chi connectivity index (χ0v) is 17.8. The Morgan fingerprint density at radius 3 is 1.68 bits per heavy atom. The van der Waals surface area contributed by atoms with Crippen molar-refractivity contribution in [3.63, 3.8) is 0 Å². The first-order chi connectivity index (χ1) is 8.17. The van der Waals surface area contributed by atoms with Crippen LogP contribution in [0.5, 0.6) is 0 Å². The van der Waals surface area contributed by atoms with E-state index < -0.39 is 30.8 Å². The first kappa shape index (κ1) is 19.5. The number of rotatable bonds is 7. The van der Waals surface area contributed by atoms with E-state index >= 15 is 0 Å². The molecule has 3 nitrogen and oxygen atoms in total. The third kappa shape index (κ3) is 5.43. The average Bonchev–Trinajstić information content (AvgIpc) is 2.12. The molecule has 0 rings (SSSR count). The Labute approximate surface area is 124 Å². The van der Waals surface area contributed by atoms with Crippen LogP contribution in [-0.2, 0) is 8.85 Å². The molecule has 0 aromatic rings. The van der Waals surface area contributed by atoms with Gasteiger partial charge in [0.25, 0.3) is 0 Å². The van der Waals surface area contributed by atoms with Crippen LogP contribution in [0.3, 0.4) is 0 Å². The predicted molar refractivity (Wildman–Crippen MR) is 93.2 cm³/mol. The van der Waals surface area contributed by atoms with Gasteiger partial charge in [-0.1, -0.05) is 20.0 Å². The number of hydrogen-bond acceptors (Lipinski definition) is 3. The van der Waals surface area contributed by atoms with Crippen LogP contribution in [0.4, 0.5) is 0 Å². The molecule has 0 spiro atoms. The SMILES string of the molecule is CCC(C)(O[Si](C)(C)C)[Si](C)(C)OC(C)(N)[SiH](C)C. The Hall–Kier alpha value is 0.531. The second kappa shape index (κ2) is 6.11. The summed E-state index contributed by atoms with van der Waals surface area (Å²) in [5.74, 6) is 0. The lowest BCUT2D eigenvalue weighted by Gasteiger charge is -2.49. The number of nitrogens with two attached hydrogens (primary N) is 1. The van der Waals surface area contributed by atoms with Crippen molar-refractivity contribution < 1.29 is 8.85 Å². The van der Waals surface area contributed by atoms with E-state index in [0.717, 1.165) is 6.42 Å². The average molecular weight is 322 g/mol. The van der Waals surface area contributed by atoms with Gasteiger partial charge < -0.3 is 14.6 Å². The molecule has 2 N–H and O–H groups in total. The van der Waals surface area contributed by atoms with Crippen LogP contribution < -0.4 is 5.73 Å². The molecule has 116 valence electrons. The monoisotopic (exact) mass is 321 g/mol. The van der Waals surface area contributed by atoms with Crippen LogP contribution >= 0.6 is 0 Å². The van der Waals surface area contributed by atoms with Crippen LogP contribution in [0.25, 0.3) is 0 Å². The van der Waals surface area contributed by atoms with Crippen molar-refractivity contribution in [2.75, 3.05) is 0 Å². The van der Waals surface area contributed by atoms with Gasteiger partial charge in [-0.2, -0.15) is 0 Å². The molecule has 0 aromatic heterocycles. The van der Waals surface area contributed by atoms with Crippen LogP contribution in [-0.4, -0.2) is 36.0 Å². The van der Waals surface area contributed by atoms with Crippen molar-refractivity contribution in [1.82, 2.24) is 0 Å². The molecule has 6 heteroatoms. The molecule has 0 aliphatic carbocycles. The summed E-state index contributed by atoms with van der Waals surface area (Å²) in [6, 6.07) is 0. The zero-order valence-electron chi connectivity index (χ0n) is 14.7. The fraction of sp³-hybridized carbons (Fsp3) is 1.00. The summed E-state index contributed by atoms with van der Waals surface area (Å²) in [5, 5.41) is -0.615. The van der Waals surface area contributed by atoms with Gasteiger partial charge in [-0.15, -0.1) is 0 Å². The summed E-state index contributed by atoms with van der Waals surface area (Å²) in [7, 11) is -4.71. The molecular weight excluding hydrogens is 286 g/mol. The second-order valence-corrected chi connectivity index (χ2v) is 19.9. The quantitative estimate of drug-likeness (QED) is 0.577. The maximum atomic E-state index is 6.50. The highest BCUT2D eigenvalue weighted by atomic mass is 28.4. The fourth-order valence-electron chi connectivity index (χ4n) is 2.07. The first-order valence-electron chi connectivity index (χ1n) is 7.36. The smallest absolute Gasteiger partial charge is 0.218 e. The van der Waals surface area contributed by atoms with Crippen LogP contribution in [0.1, 0.15) is 27.2 Å². The highest BCUT2D eigenvalue weighted by Crippen LogP contribution is 2.34. The summed E-state index contributed by atoms with van der Waals surface area (Å²) in [5.41, 5.74) is 6.39. The van der Waals surface area contributed by atoms with E-state index in [4.69, 9.17) is 14.6 Å². The minimum atomic E-state index is -2.04. The third-order valence-corrected chi connectivity index (χ3v) is 12.0. The Morgan fingerprint density at radius 1 is 1.00 bits per heavy atom. The molecule has 0 amide bonds. The van der Waals surface area contributed by atoms with Crippen LogP contribution in [0.15, 0.2) is 0 Å². The third-order valence-electron chi connectivity index (χ3n) is 4.10. The molecule has 2 unspecified atom stereocenters. The molecule has 2 atom stereocenters. The molecule has 0 aliphatic heterocycles. The summed E-state index contributed by atoms with van der Waals surface area (Å²) in [6.45, 7) is 22.2. The van der Waals surface area contributed by atoms with E-state index in [9.17, 15) is 0 Å². The van der Waals surface area contributed by atoms with Crippen molar-refractivity contribution in [2.45, 2.75) is 83.6 Å². The van der Waals surface area contributed by atoms with E-state index in [-0.39, 0.29) is 5.22 Å². The van der Waals surface area contributed by atoms with Gasteiger partial charge in [0.05, 0.1) is 19.4 Å². The first-order valence-corrected chi connectivity index (χ1v) is 16.6. The van der Waals surface area contributed by atoms with Gasteiger partial charge in [0.15, 0.2) is 8.32 Å². The van der Waals surface area contributed by atoms with Gasteiger partial charge in [-0.05, 0) is 53.0 Å². The van der Waals surface area contributed by atoms with Gasteiger partial charge in [-0.25, -0.2) is 0 Å². The molecular formula is C13H35NO2Si3.